The monoisotopic (exact) mass is 447 g/mol. The first-order chi connectivity index (χ1) is 10.5. The minimum Gasteiger partial charge on any atom is -0.278 e. The maximum atomic E-state index is 12.9. The van der Waals surface area contributed by atoms with E-state index in [1.807, 2.05) is 0 Å². The van der Waals surface area contributed by atoms with Gasteiger partial charge >= 0.3 is 6.18 Å². The lowest BCUT2D eigenvalue weighted by Crippen LogP contribution is -2.15. The van der Waals surface area contributed by atoms with Crippen LogP contribution in [0.3, 0.4) is 0 Å². The van der Waals surface area contributed by atoms with Crippen molar-refractivity contribution in [2.75, 3.05) is 4.72 Å². The first kappa shape index (κ1) is 18.4. The van der Waals surface area contributed by atoms with E-state index in [9.17, 15) is 21.6 Å². The Kier molecular flexibility index (Phi) is 5.20. The van der Waals surface area contributed by atoms with Gasteiger partial charge in [0.05, 0.1) is 21.2 Å². The van der Waals surface area contributed by atoms with Gasteiger partial charge in [0, 0.05) is 9.50 Å². The average molecular weight is 449 g/mol. The van der Waals surface area contributed by atoms with Crippen LogP contribution < -0.4 is 4.72 Å². The number of halogens is 6. The Labute approximate surface area is 148 Å². The lowest BCUT2D eigenvalue weighted by Gasteiger charge is -2.13. The number of rotatable bonds is 3. The molecule has 3 nitrogen and oxygen atoms in total. The van der Waals surface area contributed by atoms with Crippen LogP contribution in [-0.2, 0) is 16.2 Å². The van der Waals surface area contributed by atoms with Gasteiger partial charge in [-0.05, 0) is 36.4 Å². The molecule has 0 bridgehead atoms. The van der Waals surface area contributed by atoms with Gasteiger partial charge in [-0.15, -0.1) is 0 Å². The SMILES string of the molecule is O=S(=O)(Nc1cc(Cl)ccc1Cl)c1ccc(Br)c(C(F)(F)F)c1. The van der Waals surface area contributed by atoms with Gasteiger partial charge in [-0.3, -0.25) is 4.72 Å². The smallest absolute Gasteiger partial charge is 0.278 e. The van der Waals surface area contributed by atoms with E-state index in [2.05, 4.69) is 20.7 Å². The summed E-state index contributed by atoms with van der Waals surface area (Å²) in [6.45, 7) is 0. The highest BCUT2D eigenvalue weighted by atomic mass is 79.9. The molecule has 0 radical (unpaired) electrons. The summed E-state index contributed by atoms with van der Waals surface area (Å²) >= 11 is 14.3. The Morgan fingerprint density at radius 2 is 1.70 bits per heavy atom. The highest BCUT2D eigenvalue weighted by Crippen LogP contribution is 2.36. The molecule has 23 heavy (non-hydrogen) atoms. The van der Waals surface area contributed by atoms with E-state index in [1.165, 1.54) is 18.2 Å². The topological polar surface area (TPSA) is 46.2 Å². The molecule has 124 valence electrons. The maximum absolute atomic E-state index is 12.9. The fraction of sp³-hybridized carbons (Fsp3) is 0.0769. The predicted octanol–water partition coefficient (Wildman–Crippen LogP) is 5.58. The van der Waals surface area contributed by atoms with E-state index in [0.717, 1.165) is 12.1 Å². The van der Waals surface area contributed by atoms with Crippen molar-refractivity contribution in [2.45, 2.75) is 11.1 Å². The van der Waals surface area contributed by atoms with Crippen molar-refractivity contribution < 1.29 is 21.6 Å². The number of alkyl halides is 3. The highest BCUT2D eigenvalue weighted by molar-refractivity contribution is 9.10. The van der Waals surface area contributed by atoms with Gasteiger partial charge in [0.1, 0.15) is 0 Å². The third kappa shape index (κ3) is 4.32. The van der Waals surface area contributed by atoms with Gasteiger partial charge in [0.25, 0.3) is 10.0 Å². The Bertz CT molecular complexity index is 857. The molecule has 0 amide bonds. The van der Waals surface area contributed by atoms with Crippen LogP contribution in [0, 0.1) is 0 Å². The van der Waals surface area contributed by atoms with Crippen LogP contribution in [0.1, 0.15) is 5.56 Å². The maximum Gasteiger partial charge on any atom is 0.417 e. The van der Waals surface area contributed by atoms with Gasteiger partial charge < -0.3 is 0 Å². The summed E-state index contributed by atoms with van der Waals surface area (Å²) in [5.41, 5.74) is -1.13. The second-order valence-corrected chi connectivity index (χ2v) is 7.75. The average Bonchev–Trinajstić information content (AvgIpc) is 2.41. The third-order valence-electron chi connectivity index (χ3n) is 2.73. The van der Waals surface area contributed by atoms with Gasteiger partial charge in [-0.1, -0.05) is 39.1 Å². The molecular formula is C13H7BrCl2F3NO2S. The van der Waals surface area contributed by atoms with Crippen LogP contribution in [0.2, 0.25) is 10.0 Å². The van der Waals surface area contributed by atoms with Crippen molar-refractivity contribution in [3.8, 4) is 0 Å². The van der Waals surface area contributed by atoms with E-state index in [4.69, 9.17) is 23.2 Å². The molecule has 0 saturated carbocycles. The summed E-state index contributed by atoms with van der Waals surface area (Å²) < 4.78 is 65.0. The Morgan fingerprint density at radius 1 is 1.04 bits per heavy atom. The first-order valence-electron chi connectivity index (χ1n) is 5.85. The molecule has 1 N–H and O–H groups in total. The minimum atomic E-state index is -4.70. The molecule has 0 aliphatic heterocycles. The molecule has 0 aliphatic carbocycles. The molecule has 10 heteroatoms. The number of anilines is 1. The van der Waals surface area contributed by atoms with Crippen molar-refractivity contribution >= 4 is 54.8 Å². The van der Waals surface area contributed by atoms with E-state index in [1.54, 1.807) is 0 Å². The summed E-state index contributed by atoms with van der Waals surface area (Å²) in [4.78, 5) is -0.552. The van der Waals surface area contributed by atoms with Crippen molar-refractivity contribution in [3.63, 3.8) is 0 Å². The molecule has 0 unspecified atom stereocenters. The summed E-state index contributed by atoms with van der Waals surface area (Å²) in [7, 11) is -4.27. The molecule has 0 heterocycles. The zero-order valence-electron chi connectivity index (χ0n) is 11.0. The molecule has 0 spiro atoms. The molecule has 2 aromatic rings. The number of nitrogens with one attached hydrogen (secondary N) is 1. The zero-order chi connectivity index (χ0) is 17.4. The second kappa shape index (κ2) is 6.51. The van der Waals surface area contributed by atoms with Gasteiger partial charge in [-0.2, -0.15) is 13.2 Å². The van der Waals surface area contributed by atoms with Crippen LogP contribution in [0.15, 0.2) is 45.8 Å². The Hall–Kier alpha value is -0.960. The van der Waals surface area contributed by atoms with Gasteiger partial charge in [-0.25, -0.2) is 8.42 Å². The Morgan fingerprint density at radius 3 is 2.30 bits per heavy atom. The van der Waals surface area contributed by atoms with E-state index < -0.39 is 26.7 Å². The lowest BCUT2D eigenvalue weighted by atomic mass is 10.2. The molecule has 2 rings (SSSR count). The molecule has 2 aromatic carbocycles. The van der Waals surface area contributed by atoms with E-state index in [-0.39, 0.29) is 20.2 Å². The lowest BCUT2D eigenvalue weighted by molar-refractivity contribution is -0.138. The number of hydrogen-bond donors (Lipinski definition) is 1. The molecular weight excluding hydrogens is 442 g/mol. The predicted molar refractivity (Wildman–Crippen MR) is 86.4 cm³/mol. The quantitative estimate of drug-likeness (QED) is 0.666. The van der Waals surface area contributed by atoms with Crippen LogP contribution >= 0.6 is 39.1 Å². The zero-order valence-corrected chi connectivity index (χ0v) is 14.9. The van der Waals surface area contributed by atoms with E-state index in [0.29, 0.717) is 6.07 Å². The summed E-state index contributed by atoms with van der Waals surface area (Å²) in [5.74, 6) is 0. The normalized spacial score (nSPS) is 12.3. The van der Waals surface area contributed by atoms with Crippen LogP contribution in [0.5, 0.6) is 0 Å². The number of benzene rings is 2. The van der Waals surface area contributed by atoms with Gasteiger partial charge in [0.15, 0.2) is 0 Å². The summed E-state index contributed by atoms with van der Waals surface area (Å²) in [6, 6.07) is 6.65. The first-order valence-corrected chi connectivity index (χ1v) is 8.88. The van der Waals surface area contributed by atoms with Crippen molar-refractivity contribution in [1.82, 2.24) is 0 Å². The van der Waals surface area contributed by atoms with Gasteiger partial charge in [0.2, 0.25) is 0 Å². The Balaban J connectivity index is 2.46. The minimum absolute atomic E-state index is 0.0318. The van der Waals surface area contributed by atoms with Crippen LogP contribution in [-0.4, -0.2) is 8.42 Å². The number of sulfonamides is 1. The fourth-order valence-electron chi connectivity index (χ4n) is 1.67. The molecule has 0 aliphatic rings. The van der Waals surface area contributed by atoms with E-state index >= 15 is 0 Å². The highest BCUT2D eigenvalue weighted by Gasteiger charge is 2.34. The van der Waals surface area contributed by atoms with Crippen molar-refractivity contribution in [1.29, 1.82) is 0 Å². The van der Waals surface area contributed by atoms with Crippen molar-refractivity contribution in [2.24, 2.45) is 0 Å². The molecule has 0 atom stereocenters. The second-order valence-electron chi connectivity index (χ2n) is 4.37. The summed E-state index contributed by atoms with van der Waals surface area (Å²) in [5, 5.41) is 0.282. The molecule has 0 saturated heterocycles. The summed E-state index contributed by atoms with van der Waals surface area (Å²) in [6.07, 6.45) is -4.70. The number of hydrogen-bond acceptors (Lipinski definition) is 2. The largest absolute Gasteiger partial charge is 0.417 e. The van der Waals surface area contributed by atoms with Crippen LogP contribution in [0.25, 0.3) is 0 Å². The molecule has 0 aromatic heterocycles. The van der Waals surface area contributed by atoms with Crippen LogP contribution in [0.4, 0.5) is 18.9 Å². The standard InChI is InChI=1S/C13H7BrCl2F3NO2S/c14-10-3-2-8(6-9(10)13(17,18)19)23(21,22)20-12-5-7(15)1-4-11(12)16/h1-6,20H. The molecule has 0 fully saturated rings. The van der Waals surface area contributed by atoms with Crippen molar-refractivity contribution in [3.05, 3.63) is 56.5 Å². The fourth-order valence-corrected chi connectivity index (χ4v) is 3.63. The third-order valence-corrected chi connectivity index (χ3v) is 5.35.